The number of ether oxygens (including phenoxy) is 2. The molecule has 1 atom stereocenters. The maximum Gasteiger partial charge on any atom is 0.335 e. The van der Waals surface area contributed by atoms with Crippen molar-refractivity contribution in [1.82, 2.24) is 0 Å². The van der Waals surface area contributed by atoms with E-state index in [0.717, 1.165) is 13.0 Å². The summed E-state index contributed by atoms with van der Waals surface area (Å²) >= 11 is 0. The highest BCUT2D eigenvalue weighted by Gasteiger charge is 2.06. The van der Waals surface area contributed by atoms with Gasteiger partial charge in [0, 0.05) is 6.61 Å². The van der Waals surface area contributed by atoms with Crippen molar-refractivity contribution in [1.29, 1.82) is 0 Å². The van der Waals surface area contributed by atoms with E-state index in [0.29, 0.717) is 12.4 Å². The molecule has 4 nitrogen and oxygen atoms in total. The first kappa shape index (κ1) is 19.5. The minimum absolute atomic E-state index is 0.0461. The Kier molecular flexibility index (Phi) is 10.1. The summed E-state index contributed by atoms with van der Waals surface area (Å²) in [4.78, 5) is 10.8. The molecule has 4 heteroatoms. The standard InChI is InChI=1S/C19H30O4/c1-3-4-5-6-7-8-9-14-22-15-16(2)23-18-12-10-17(11-13-18)19(20)21/h10-13,16H,3-9,14-15H2,1-2H3,(H,20,21). The second-order valence-electron chi connectivity index (χ2n) is 5.95. The number of carboxylic acid groups (broad SMARTS) is 1. The van der Waals surface area contributed by atoms with Crippen LogP contribution in [0.4, 0.5) is 0 Å². The van der Waals surface area contributed by atoms with Crippen molar-refractivity contribution in [3.63, 3.8) is 0 Å². The molecule has 0 saturated carbocycles. The highest BCUT2D eigenvalue weighted by atomic mass is 16.5. The molecule has 0 fully saturated rings. The number of benzene rings is 1. The number of hydrogen-bond donors (Lipinski definition) is 1. The molecule has 0 saturated heterocycles. The molecule has 0 aliphatic carbocycles. The predicted octanol–water partition coefficient (Wildman–Crippen LogP) is 4.92. The van der Waals surface area contributed by atoms with Crippen LogP contribution in [0.15, 0.2) is 24.3 Å². The van der Waals surface area contributed by atoms with Crippen LogP contribution in [0.25, 0.3) is 0 Å². The predicted molar refractivity (Wildman–Crippen MR) is 92.3 cm³/mol. The quantitative estimate of drug-likeness (QED) is 0.524. The maximum atomic E-state index is 10.8. The first-order valence-corrected chi connectivity index (χ1v) is 8.71. The molecule has 23 heavy (non-hydrogen) atoms. The number of aromatic carboxylic acids is 1. The number of carboxylic acids is 1. The van der Waals surface area contributed by atoms with Gasteiger partial charge in [0.1, 0.15) is 11.9 Å². The highest BCUT2D eigenvalue weighted by Crippen LogP contribution is 2.14. The van der Waals surface area contributed by atoms with Gasteiger partial charge in [-0.25, -0.2) is 4.79 Å². The molecule has 1 rings (SSSR count). The van der Waals surface area contributed by atoms with Gasteiger partial charge >= 0.3 is 5.97 Å². The van der Waals surface area contributed by atoms with Gasteiger partial charge in [0.2, 0.25) is 0 Å². The average molecular weight is 322 g/mol. The number of carbonyl (C=O) groups is 1. The molecule has 1 N–H and O–H groups in total. The molecule has 0 radical (unpaired) electrons. The van der Waals surface area contributed by atoms with E-state index in [1.54, 1.807) is 24.3 Å². The SMILES string of the molecule is CCCCCCCCCOCC(C)Oc1ccc(C(=O)O)cc1. The van der Waals surface area contributed by atoms with E-state index < -0.39 is 5.97 Å². The summed E-state index contributed by atoms with van der Waals surface area (Å²) in [5.74, 6) is -0.260. The Balaban J connectivity index is 2.06. The Bertz CT molecular complexity index is 428. The zero-order valence-electron chi connectivity index (χ0n) is 14.4. The lowest BCUT2D eigenvalue weighted by atomic mass is 10.1. The monoisotopic (exact) mass is 322 g/mol. The summed E-state index contributed by atoms with van der Waals surface area (Å²) in [7, 11) is 0. The Morgan fingerprint density at radius 2 is 1.65 bits per heavy atom. The van der Waals surface area contributed by atoms with Crippen LogP contribution in [-0.2, 0) is 4.74 Å². The fraction of sp³-hybridized carbons (Fsp3) is 0.632. The van der Waals surface area contributed by atoms with Crippen LogP contribution in [0.1, 0.15) is 69.2 Å². The Morgan fingerprint density at radius 1 is 1.04 bits per heavy atom. The number of rotatable bonds is 13. The summed E-state index contributed by atoms with van der Waals surface area (Å²) < 4.78 is 11.3. The Hall–Kier alpha value is -1.55. The molecule has 0 aliphatic heterocycles. The third-order valence-corrected chi connectivity index (χ3v) is 3.68. The third kappa shape index (κ3) is 9.24. The number of hydrogen-bond acceptors (Lipinski definition) is 3. The molecule has 1 unspecified atom stereocenters. The fourth-order valence-electron chi connectivity index (χ4n) is 2.35. The maximum absolute atomic E-state index is 10.8. The second kappa shape index (κ2) is 11.9. The largest absolute Gasteiger partial charge is 0.488 e. The van der Waals surface area contributed by atoms with Crippen molar-refractivity contribution < 1.29 is 19.4 Å². The third-order valence-electron chi connectivity index (χ3n) is 3.68. The normalized spacial score (nSPS) is 12.1. The molecule has 0 heterocycles. The zero-order chi connectivity index (χ0) is 16.9. The van der Waals surface area contributed by atoms with Gasteiger partial charge in [-0.05, 0) is 37.6 Å². The lowest BCUT2D eigenvalue weighted by molar-refractivity contribution is 0.0565. The summed E-state index contributed by atoms with van der Waals surface area (Å²) in [5.41, 5.74) is 0.264. The molecule has 0 aromatic heterocycles. The van der Waals surface area contributed by atoms with Crippen LogP contribution in [0, 0.1) is 0 Å². The van der Waals surface area contributed by atoms with Gasteiger partial charge in [-0.1, -0.05) is 45.4 Å². The van der Waals surface area contributed by atoms with E-state index in [9.17, 15) is 4.79 Å². The van der Waals surface area contributed by atoms with Crippen LogP contribution in [-0.4, -0.2) is 30.4 Å². The van der Waals surface area contributed by atoms with Crippen LogP contribution >= 0.6 is 0 Å². The van der Waals surface area contributed by atoms with Crippen molar-refractivity contribution in [2.24, 2.45) is 0 Å². The van der Waals surface area contributed by atoms with Gasteiger partial charge in [-0.2, -0.15) is 0 Å². The van der Waals surface area contributed by atoms with Crippen LogP contribution in [0.2, 0.25) is 0 Å². The minimum Gasteiger partial charge on any atom is -0.488 e. The first-order valence-electron chi connectivity index (χ1n) is 8.71. The molecular weight excluding hydrogens is 292 g/mol. The smallest absolute Gasteiger partial charge is 0.335 e. The lowest BCUT2D eigenvalue weighted by Gasteiger charge is -2.15. The van der Waals surface area contributed by atoms with Crippen molar-refractivity contribution in [2.75, 3.05) is 13.2 Å². The summed E-state index contributed by atoms with van der Waals surface area (Å²) in [6, 6.07) is 6.44. The summed E-state index contributed by atoms with van der Waals surface area (Å²) in [5, 5.41) is 8.84. The molecule has 0 aliphatic rings. The molecule has 0 spiro atoms. The van der Waals surface area contributed by atoms with Crippen LogP contribution < -0.4 is 4.74 Å². The number of unbranched alkanes of at least 4 members (excludes halogenated alkanes) is 6. The van der Waals surface area contributed by atoms with Crippen molar-refractivity contribution in [3.05, 3.63) is 29.8 Å². The van der Waals surface area contributed by atoms with Crippen LogP contribution in [0.5, 0.6) is 5.75 Å². The first-order chi connectivity index (χ1) is 11.1. The van der Waals surface area contributed by atoms with E-state index in [1.165, 1.54) is 38.5 Å². The summed E-state index contributed by atoms with van der Waals surface area (Å²) in [6.45, 7) is 5.52. The Labute approximate surface area is 139 Å². The molecule has 0 bridgehead atoms. The van der Waals surface area contributed by atoms with Gasteiger partial charge in [0.25, 0.3) is 0 Å². The molecule has 130 valence electrons. The van der Waals surface area contributed by atoms with E-state index in [4.69, 9.17) is 14.6 Å². The topological polar surface area (TPSA) is 55.8 Å². The van der Waals surface area contributed by atoms with E-state index >= 15 is 0 Å². The van der Waals surface area contributed by atoms with Gasteiger partial charge in [-0.3, -0.25) is 0 Å². The fourth-order valence-corrected chi connectivity index (χ4v) is 2.35. The molecular formula is C19H30O4. The van der Waals surface area contributed by atoms with Gasteiger partial charge in [0.15, 0.2) is 0 Å². The van der Waals surface area contributed by atoms with Gasteiger partial charge in [0.05, 0.1) is 12.2 Å². The second-order valence-corrected chi connectivity index (χ2v) is 5.95. The molecule has 0 amide bonds. The van der Waals surface area contributed by atoms with Crippen molar-refractivity contribution >= 4 is 5.97 Å². The van der Waals surface area contributed by atoms with Crippen molar-refractivity contribution in [3.8, 4) is 5.75 Å². The van der Waals surface area contributed by atoms with E-state index in [-0.39, 0.29) is 11.7 Å². The van der Waals surface area contributed by atoms with Crippen molar-refractivity contribution in [2.45, 2.75) is 64.9 Å². The lowest BCUT2D eigenvalue weighted by Crippen LogP contribution is -2.19. The van der Waals surface area contributed by atoms with E-state index in [2.05, 4.69) is 6.92 Å². The zero-order valence-corrected chi connectivity index (χ0v) is 14.4. The minimum atomic E-state index is -0.928. The molecule has 1 aromatic rings. The van der Waals surface area contributed by atoms with Gasteiger partial charge < -0.3 is 14.6 Å². The van der Waals surface area contributed by atoms with Gasteiger partial charge in [-0.15, -0.1) is 0 Å². The molecule has 1 aromatic carbocycles. The van der Waals surface area contributed by atoms with Crippen LogP contribution in [0.3, 0.4) is 0 Å². The van der Waals surface area contributed by atoms with E-state index in [1.807, 2.05) is 6.92 Å². The average Bonchev–Trinajstić information content (AvgIpc) is 2.54. The Morgan fingerprint density at radius 3 is 2.26 bits per heavy atom. The summed E-state index contributed by atoms with van der Waals surface area (Å²) in [6.07, 6.45) is 8.91. The highest BCUT2D eigenvalue weighted by molar-refractivity contribution is 5.87.